The molecular formula is C18H17ClF2N2O3S. The smallest absolute Gasteiger partial charge is 0.330 e. The number of thioether (sulfide) groups is 1. The van der Waals surface area contributed by atoms with Crippen LogP contribution in [0, 0.1) is 11.6 Å². The van der Waals surface area contributed by atoms with E-state index >= 15 is 0 Å². The van der Waals surface area contributed by atoms with Crippen LogP contribution in [0.5, 0.6) is 0 Å². The maximum absolute atomic E-state index is 14.4. The highest BCUT2D eigenvalue weighted by atomic mass is 35.5. The summed E-state index contributed by atoms with van der Waals surface area (Å²) < 4.78 is 33.2. The van der Waals surface area contributed by atoms with Crippen molar-refractivity contribution >= 4 is 41.0 Å². The van der Waals surface area contributed by atoms with Crippen LogP contribution in [0.25, 0.3) is 0 Å². The number of carbonyl (C=O) groups is 2. The highest BCUT2D eigenvalue weighted by molar-refractivity contribution is 7.99. The molecule has 2 aromatic rings. The fourth-order valence-corrected chi connectivity index (χ4v) is 3.20. The molecule has 0 atom stereocenters. The van der Waals surface area contributed by atoms with E-state index in [-0.39, 0.29) is 17.4 Å². The van der Waals surface area contributed by atoms with Crippen LogP contribution in [0.15, 0.2) is 41.3 Å². The third-order valence-electron chi connectivity index (χ3n) is 3.43. The van der Waals surface area contributed by atoms with Crippen molar-refractivity contribution in [3.05, 3.63) is 58.6 Å². The standard InChI is InChI=1S/C18H17ClF2N2O3S/c1-3-27-11-7-8-15(14(21)9-11)23(10-26-2)18(25)22-17(24)16-12(19)5-4-6-13(16)20/h4-9H,3,10H2,1-2H3,(H,22,24,25). The monoisotopic (exact) mass is 414 g/mol. The normalized spacial score (nSPS) is 10.6. The maximum Gasteiger partial charge on any atom is 0.330 e. The SMILES string of the molecule is CCSc1ccc(N(COC)C(=O)NC(=O)c2c(F)cccc2Cl)c(F)c1. The summed E-state index contributed by atoms with van der Waals surface area (Å²) in [6.45, 7) is 1.61. The number of imide groups is 1. The van der Waals surface area contributed by atoms with Gasteiger partial charge in [0.2, 0.25) is 0 Å². The van der Waals surface area contributed by atoms with E-state index in [2.05, 4.69) is 0 Å². The first-order chi connectivity index (χ1) is 12.9. The van der Waals surface area contributed by atoms with Crippen molar-refractivity contribution in [1.82, 2.24) is 5.32 Å². The van der Waals surface area contributed by atoms with E-state index in [0.29, 0.717) is 4.90 Å². The summed E-state index contributed by atoms with van der Waals surface area (Å²) in [5.41, 5.74) is -0.553. The van der Waals surface area contributed by atoms with Crippen LogP contribution >= 0.6 is 23.4 Å². The number of urea groups is 1. The molecule has 0 aliphatic heterocycles. The second-order valence-electron chi connectivity index (χ2n) is 5.25. The zero-order chi connectivity index (χ0) is 20.0. The Morgan fingerprint density at radius 1 is 1.22 bits per heavy atom. The zero-order valence-corrected chi connectivity index (χ0v) is 16.2. The molecule has 5 nitrogen and oxygen atoms in total. The lowest BCUT2D eigenvalue weighted by atomic mass is 10.2. The van der Waals surface area contributed by atoms with E-state index in [4.69, 9.17) is 16.3 Å². The number of ether oxygens (including phenoxy) is 1. The molecule has 144 valence electrons. The Kier molecular flexibility index (Phi) is 7.58. The fourth-order valence-electron chi connectivity index (χ4n) is 2.27. The van der Waals surface area contributed by atoms with E-state index in [9.17, 15) is 18.4 Å². The van der Waals surface area contributed by atoms with Crippen molar-refractivity contribution in [2.75, 3.05) is 24.5 Å². The summed E-state index contributed by atoms with van der Waals surface area (Å²) in [6.07, 6.45) is 0. The van der Waals surface area contributed by atoms with Crippen LogP contribution in [0.4, 0.5) is 19.3 Å². The quantitative estimate of drug-likeness (QED) is 0.550. The van der Waals surface area contributed by atoms with Crippen LogP contribution < -0.4 is 10.2 Å². The van der Waals surface area contributed by atoms with Gasteiger partial charge in [-0.1, -0.05) is 24.6 Å². The molecule has 0 aromatic heterocycles. The number of halogens is 3. The first kappa shape index (κ1) is 21.1. The van der Waals surface area contributed by atoms with E-state index in [1.807, 2.05) is 12.2 Å². The summed E-state index contributed by atoms with van der Waals surface area (Å²) >= 11 is 7.27. The average molecular weight is 415 g/mol. The van der Waals surface area contributed by atoms with Crippen LogP contribution in [-0.2, 0) is 4.74 Å². The summed E-state index contributed by atoms with van der Waals surface area (Å²) in [7, 11) is 1.31. The predicted molar refractivity (Wildman–Crippen MR) is 101 cm³/mol. The van der Waals surface area contributed by atoms with Crippen molar-refractivity contribution in [1.29, 1.82) is 0 Å². The second kappa shape index (κ2) is 9.68. The van der Waals surface area contributed by atoms with Gasteiger partial charge in [0, 0.05) is 12.0 Å². The van der Waals surface area contributed by atoms with Crippen molar-refractivity contribution in [3.8, 4) is 0 Å². The Bertz CT molecular complexity index is 831. The molecule has 0 spiro atoms. The molecule has 0 fully saturated rings. The van der Waals surface area contributed by atoms with E-state index in [1.54, 1.807) is 6.07 Å². The molecule has 0 saturated heterocycles. The Labute approximate surface area is 164 Å². The van der Waals surface area contributed by atoms with Crippen LogP contribution in [0.2, 0.25) is 5.02 Å². The lowest BCUT2D eigenvalue weighted by molar-refractivity contribution is 0.0959. The van der Waals surface area contributed by atoms with Crippen molar-refractivity contribution < 1.29 is 23.1 Å². The van der Waals surface area contributed by atoms with Crippen molar-refractivity contribution in [2.24, 2.45) is 0 Å². The van der Waals surface area contributed by atoms with Gasteiger partial charge in [-0.05, 0) is 36.1 Å². The number of hydrogen-bond acceptors (Lipinski definition) is 4. The number of benzene rings is 2. The molecule has 27 heavy (non-hydrogen) atoms. The van der Waals surface area contributed by atoms with Gasteiger partial charge in [-0.25, -0.2) is 13.6 Å². The number of hydrogen-bond donors (Lipinski definition) is 1. The Morgan fingerprint density at radius 3 is 2.56 bits per heavy atom. The third kappa shape index (κ3) is 5.18. The molecule has 0 unspecified atom stereocenters. The van der Waals surface area contributed by atoms with Gasteiger partial charge in [0.1, 0.15) is 18.4 Å². The van der Waals surface area contributed by atoms with Gasteiger partial charge >= 0.3 is 6.03 Å². The zero-order valence-electron chi connectivity index (χ0n) is 14.6. The molecular weight excluding hydrogens is 398 g/mol. The third-order valence-corrected chi connectivity index (χ3v) is 4.63. The van der Waals surface area contributed by atoms with Gasteiger partial charge in [-0.2, -0.15) is 0 Å². The van der Waals surface area contributed by atoms with Crippen LogP contribution in [-0.4, -0.2) is 31.5 Å². The van der Waals surface area contributed by atoms with Crippen molar-refractivity contribution in [3.63, 3.8) is 0 Å². The largest absolute Gasteiger partial charge is 0.364 e. The van der Waals surface area contributed by atoms with Crippen molar-refractivity contribution in [2.45, 2.75) is 11.8 Å². The van der Waals surface area contributed by atoms with Gasteiger partial charge in [0.15, 0.2) is 0 Å². The van der Waals surface area contributed by atoms with Crippen LogP contribution in [0.3, 0.4) is 0 Å². The van der Waals surface area contributed by atoms with E-state index in [0.717, 1.165) is 16.7 Å². The number of carbonyl (C=O) groups excluding carboxylic acids is 2. The van der Waals surface area contributed by atoms with Gasteiger partial charge in [-0.15, -0.1) is 11.8 Å². The molecule has 0 radical (unpaired) electrons. The summed E-state index contributed by atoms with van der Waals surface area (Å²) in [5, 5.41) is 1.85. The summed E-state index contributed by atoms with van der Waals surface area (Å²) in [5.74, 6) is -1.81. The minimum atomic E-state index is -1.04. The number of anilines is 1. The number of rotatable bonds is 6. The predicted octanol–water partition coefficient (Wildman–Crippen LogP) is 4.69. The number of nitrogens with zero attached hydrogens (tertiary/aromatic N) is 1. The fraction of sp³-hybridized carbons (Fsp3) is 0.222. The number of methoxy groups -OCH3 is 1. The number of nitrogens with one attached hydrogen (secondary N) is 1. The number of amides is 3. The molecule has 3 amide bonds. The molecule has 9 heteroatoms. The van der Waals surface area contributed by atoms with Gasteiger partial charge < -0.3 is 4.74 Å². The average Bonchev–Trinajstić information content (AvgIpc) is 2.60. The minimum absolute atomic E-state index is 0.0813. The lowest BCUT2D eigenvalue weighted by Crippen LogP contribution is -2.44. The van der Waals surface area contributed by atoms with Gasteiger partial charge in [0.05, 0.1) is 16.3 Å². The molecule has 0 bridgehead atoms. The molecule has 0 aliphatic rings. The first-order valence-electron chi connectivity index (χ1n) is 7.87. The highest BCUT2D eigenvalue weighted by Crippen LogP contribution is 2.26. The summed E-state index contributed by atoms with van der Waals surface area (Å²) in [4.78, 5) is 26.3. The van der Waals surface area contributed by atoms with E-state index < -0.39 is 29.1 Å². The minimum Gasteiger partial charge on any atom is -0.364 e. The molecule has 1 N–H and O–H groups in total. The second-order valence-corrected chi connectivity index (χ2v) is 6.99. The molecule has 0 saturated carbocycles. The van der Waals surface area contributed by atoms with E-state index in [1.165, 1.54) is 43.1 Å². The Hall–Kier alpha value is -2.16. The topological polar surface area (TPSA) is 58.6 Å². The molecule has 2 rings (SSSR count). The van der Waals surface area contributed by atoms with Crippen LogP contribution in [0.1, 0.15) is 17.3 Å². The molecule has 0 aliphatic carbocycles. The van der Waals surface area contributed by atoms with Gasteiger partial charge in [-0.3, -0.25) is 15.0 Å². The lowest BCUT2D eigenvalue weighted by Gasteiger charge is -2.22. The van der Waals surface area contributed by atoms with Gasteiger partial charge in [0.25, 0.3) is 5.91 Å². The Morgan fingerprint density at radius 2 is 1.96 bits per heavy atom. The molecule has 2 aromatic carbocycles. The highest BCUT2D eigenvalue weighted by Gasteiger charge is 2.24. The Balaban J connectivity index is 2.26. The first-order valence-corrected chi connectivity index (χ1v) is 9.23. The summed E-state index contributed by atoms with van der Waals surface area (Å²) in [6, 6.07) is 7.07. The molecule has 0 heterocycles. The maximum atomic E-state index is 14.4.